The molecule has 0 saturated heterocycles. The molecule has 0 fully saturated rings. The number of aromatic nitrogens is 6. The Hall–Kier alpha value is -1.90. The maximum Gasteiger partial charge on any atom is 0.328 e. The zero-order chi connectivity index (χ0) is 13.3. The van der Waals surface area contributed by atoms with Crippen LogP contribution >= 0.6 is 11.5 Å². The maximum absolute atomic E-state index is 11.0. The summed E-state index contributed by atoms with van der Waals surface area (Å²) in [6.45, 7) is 5.48. The van der Waals surface area contributed by atoms with E-state index < -0.39 is 12.0 Å². The fourth-order valence-corrected chi connectivity index (χ4v) is 2.24. The molecular weight excluding hydrogens is 256 g/mol. The average molecular weight is 268 g/mol. The lowest BCUT2D eigenvalue weighted by Crippen LogP contribution is -2.18. The van der Waals surface area contributed by atoms with Crippen LogP contribution in [0.5, 0.6) is 0 Å². The van der Waals surface area contributed by atoms with Crippen molar-refractivity contribution in [3.05, 3.63) is 5.69 Å². The lowest BCUT2D eigenvalue weighted by atomic mass is 10.1. The van der Waals surface area contributed by atoms with E-state index in [0.29, 0.717) is 10.7 Å². The SMILES string of the molecule is CC(C)c1nnsc1-c1nnnn1C(C)C(=O)O. The molecular formula is C9H12N6O2S. The fraction of sp³-hybridized carbons (Fsp3) is 0.556. The smallest absolute Gasteiger partial charge is 0.328 e. The molecule has 2 heterocycles. The molecule has 0 aromatic carbocycles. The van der Waals surface area contributed by atoms with Gasteiger partial charge < -0.3 is 5.11 Å². The Labute approximate surface area is 107 Å². The van der Waals surface area contributed by atoms with Gasteiger partial charge in [-0.05, 0) is 34.8 Å². The van der Waals surface area contributed by atoms with Gasteiger partial charge in [0.15, 0.2) is 11.9 Å². The summed E-state index contributed by atoms with van der Waals surface area (Å²) in [6.07, 6.45) is 0. The Morgan fingerprint density at radius 1 is 1.33 bits per heavy atom. The van der Waals surface area contributed by atoms with Crippen LogP contribution in [0.15, 0.2) is 0 Å². The first-order valence-electron chi connectivity index (χ1n) is 5.35. The predicted octanol–water partition coefficient (Wildman–Crippen LogP) is 0.961. The molecule has 0 spiro atoms. The Kier molecular flexibility index (Phi) is 3.32. The molecule has 18 heavy (non-hydrogen) atoms. The quantitative estimate of drug-likeness (QED) is 0.879. The largest absolute Gasteiger partial charge is 0.480 e. The van der Waals surface area contributed by atoms with Crippen LogP contribution < -0.4 is 0 Å². The minimum Gasteiger partial charge on any atom is -0.480 e. The minimum atomic E-state index is -0.993. The van der Waals surface area contributed by atoms with Crippen molar-refractivity contribution in [2.45, 2.75) is 32.7 Å². The third-order valence-corrected chi connectivity index (χ3v) is 3.22. The fourth-order valence-electron chi connectivity index (χ4n) is 1.44. The number of aliphatic carboxylic acids is 1. The van der Waals surface area contributed by atoms with Crippen LogP contribution in [0.25, 0.3) is 10.7 Å². The molecule has 0 aliphatic heterocycles. The number of hydrogen-bond donors (Lipinski definition) is 1. The highest BCUT2D eigenvalue weighted by molar-refractivity contribution is 7.09. The van der Waals surface area contributed by atoms with Gasteiger partial charge in [-0.25, -0.2) is 9.48 Å². The van der Waals surface area contributed by atoms with Gasteiger partial charge in [0.05, 0.1) is 5.69 Å². The van der Waals surface area contributed by atoms with Crippen molar-refractivity contribution in [2.75, 3.05) is 0 Å². The predicted molar refractivity (Wildman–Crippen MR) is 63.2 cm³/mol. The van der Waals surface area contributed by atoms with Gasteiger partial charge in [0, 0.05) is 0 Å². The summed E-state index contributed by atoms with van der Waals surface area (Å²) in [5.41, 5.74) is 0.772. The summed E-state index contributed by atoms with van der Waals surface area (Å²) in [5, 5.41) is 24.2. The van der Waals surface area contributed by atoms with Crippen molar-refractivity contribution in [2.24, 2.45) is 0 Å². The lowest BCUT2D eigenvalue weighted by Gasteiger charge is -2.08. The number of tetrazole rings is 1. The van der Waals surface area contributed by atoms with E-state index in [1.165, 1.54) is 11.6 Å². The Balaban J connectivity index is 2.49. The maximum atomic E-state index is 11.0. The lowest BCUT2D eigenvalue weighted by molar-refractivity contribution is -0.140. The molecule has 0 aliphatic carbocycles. The van der Waals surface area contributed by atoms with Crippen LogP contribution in [-0.4, -0.2) is 40.9 Å². The average Bonchev–Trinajstić information content (AvgIpc) is 2.95. The number of hydrogen-bond acceptors (Lipinski definition) is 7. The number of rotatable bonds is 4. The van der Waals surface area contributed by atoms with Crippen LogP contribution in [0.4, 0.5) is 0 Å². The van der Waals surface area contributed by atoms with Gasteiger partial charge in [-0.2, -0.15) is 0 Å². The molecule has 1 atom stereocenters. The summed E-state index contributed by atoms with van der Waals surface area (Å²) in [6, 6.07) is -0.836. The van der Waals surface area contributed by atoms with Crippen molar-refractivity contribution < 1.29 is 9.90 Å². The van der Waals surface area contributed by atoms with Crippen LogP contribution in [0.1, 0.15) is 38.4 Å². The molecule has 2 aromatic rings. The highest BCUT2D eigenvalue weighted by Crippen LogP contribution is 2.29. The second-order valence-electron chi connectivity index (χ2n) is 4.10. The Morgan fingerprint density at radius 2 is 2.06 bits per heavy atom. The minimum absolute atomic E-state index is 0.170. The van der Waals surface area contributed by atoms with Crippen molar-refractivity contribution in [3.63, 3.8) is 0 Å². The van der Waals surface area contributed by atoms with Gasteiger partial charge in [0.2, 0.25) is 0 Å². The molecule has 0 aliphatic rings. The standard InChI is InChI=1S/C9H12N6O2S/c1-4(2)6-7(18-14-10-6)8-11-12-13-15(8)5(3)9(16)17/h4-5H,1-3H3,(H,16,17). The van der Waals surface area contributed by atoms with E-state index in [4.69, 9.17) is 5.11 Å². The van der Waals surface area contributed by atoms with Crippen LogP contribution in [0, 0.1) is 0 Å². The van der Waals surface area contributed by atoms with E-state index in [1.54, 1.807) is 0 Å². The molecule has 0 radical (unpaired) electrons. The second-order valence-corrected chi connectivity index (χ2v) is 4.86. The van der Waals surface area contributed by atoms with E-state index in [9.17, 15) is 4.79 Å². The molecule has 1 unspecified atom stereocenters. The summed E-state index contributed by atoms with van der Waals surface area (Å²) < 4.78 is 5.15. The van der Waals surface area contributed by atoms with Gasteiger partial charge >= 0.3 is 5.97 Å². The van der Waals surface area contributed by atoms with Gasteiger partial charge in [-0.3, -0.25) is 0 Å². The second kappa shape index (κ2) is 4.77. The van der Waals surface area contributed by atoms with E-state index in [-0.39, 0.29) is 5.92 Å². The van der Waals surface area contributed by atoms with Crippen molar-refractivity contribution in [3.8, 4) is 10.7 Å². The topological polar surface area (TPSA) is 107 Å². The normalized spacial score (nSPS) is 12.9. The molecule has 0 saturated carbocycles. The summed E-state index contributed by atoms with van der Waals surface area (Å²) in [5.74, 6) is -0.431. The zero-order valence-corrected chi connectivity index (χ0v) is 10.9. The first-order valence-corrected chi connectivity index (χ1v) is 6.13. The molecule has 0 bridgehead atoms. The molecule has 8 nitrogen and oxygen atoms in total. The van der Waals surface area contributed by atoms with Crippen LogP contribution in [0.3, 0.4) is 0 Å². The third-order valence-electron chi connectivity index (χ3n) is 2.48. The van der Waals surface area contributed by atoms with Crippen molar-refractivity contribution >= 4 is 17.5 Å². The number of carboxylic acid groups (broad SMARTS) is 1. The Bertz CT molecular complexity index is 563. The summed E-state index contributed by atoms with van der Waals surface area (Å²) >= 11 is 1.16. The number of carboxylic acids is 1. The summed E-state index contributed by atoms with van der Waals surface area (Å²) in [4.78, 5) is 11.7. The molecule has 9 heteroatoms. The van der Waals surface area contributed by atoms with Gasteiger partial charge in [0.25, 0.3) is 0 Å². The van der Waals surface area contributed by atoms with E-state index in [1.807, 2.05) is 13.8 Å². The van der Waals surface area contributed by atoms with Gasteiger partial charge in [-0.15, -0.1) is 10.2 Å². The van der Waals surface area contributed by atoms with Gasteiger partial charge in [0.1, 0.15) is 4.88 Å². The third kappa shape index (κ3) is 2.08. The van der Waals surface area contributed by atoms with E-state index in [2.05, 4.69) is 25.1 Å². The van der Waals surface area contributed by atoms with E-state index in [0.717, 1.165) is 17.2 Å². The highest BCUT2D eigenvalue weighted by atomic mass is 32.1. The molecule has 0 amide bonds. The molecule has 96 valence electrons. The molecule has 2 aromatic heterocycles. The molecule has 1 N–H and O–H groups in total. The molecule has 2 rings (SSSR count). The van der Waals surface area contributed by atoms with Gasteiger partial charge in [-0.1, -0.05) is 18.3 Å². The highest BCUT2D eigenvalue weighted by Gasteiger charge is 2.24. The number of nitrogens with zero attached hydrogens (tertiary/aromatic N) is 6. The van der Waals surface area contributed by atoms with Crippen LogP contribution in [-0.2, 0) is 4.79 Å². The van der Waals surface area contributed by atoms with Crippen LogP contribution in [0.2, 0.25) is 0 Å². The first-order chi connectivity index (χ1) is 8.52. The number of carbonyl (C=O) groups is 1. The Morgan fingerprint density at radius 3 is 2.67 bits per heavy atom. The van der Waals surface area contributed by atoms with Crippen molar-refractivity contribution in [1.29, 1.82) is 0 Å². The monoisotopic (exact) mass is 268 g/mol. The first kappa shape index (κ1) is 12.6. The van der Waals surface area contributed by atoms with Crippen molar-refractivity contribution in [1.82, 2.24) is 29.8 Å². The summed E-state index contributed by atoms with van der Waals surface area (Å²) in [7, 11) is 0. The van der Waals surface area contributed by atoms with E-state index >= 15 is 0 Å². The zero-order valence-electron chi connectivity index (χ0n) is 10.1.